The molecule has 2 aromatic rings. The standard InChI is InChI=1S/C11H10N4O4S/c1-5-8(11(18)19)10(20-14-5)15(2)9(17)6-3-4-7(16)13-12-6/h3-4H,1-2H3,(H,13,16)(H,18,19). The largest absolute Gasteiger partial charge is 0.478 e. The van der Waals surface area contributed by atoms with Gasteiger partial charge < -0.3 is 5.11 Å². The number of aromatic carboxylic acids is 1. The number of hydrogen-bond donors (Lipinski definition) is 2. The van der Waals surface area contributed by atoms with Gasteiger partial charge >= 0.3 is 5.97 Å². The number of H-pyrrole nitrogens is 1. The molecule has 20 heavy (non-hydrogen) atoms. The maximum Gasteiger partial charge on any atom is 0.340 e. The van der Waals surface area contributed by atoms with Crippen LogP contribution >= 0.6 is 11.5 Å². The van der Waals surface area contributed by atoms with Gasteiger partial charge in [-0.25, -0.2) is 9.89 Å². The van der Waals surface area contributed by atoms with Crippen molar-refractivity contribution in [1.82, 2.24) is 14.6 Å². The molecule has 0 aliphatic heterocycles. The molecule has 104 valence electrons. The number of carboxylic acids is 1. The zero-order valence-corrected chi connectivity index (χ0v) is 11.4. The molecule has 0 saturated carbocycles. The predicted octanol–water partition coefficient (Wildman–Crippen LogP) is 0.510. The molecule has 0 unspecified atom stereocenters. The fraction of sp³-hybridized carbons (Fsp3) is 0.182. The van der Waals surface area contributed by atoms with E-state index >= 15 is 0 Å². The Balaban J connectivity index is 2.39. The van der Waals surface area contributed by atoms with Gasteiger partial charge in [-0.2, -0.15) is 9.47 Å². The average molecular weight is 294 g/mol. The second kappa shape index (κ2) is 5.21. The summed E-state index contributed by atoms with van der Waals surface area (Å²) < 4.78 is 3.94. The van der Waals surface area contributed by atoms with Crippen molar-refractivity contribution in [3.8, 4) is 0 Å². The molecule has 0 saturated heterocycles. The highest BCUT2D eigenvalue weighted by molar-refractivity contribution is 7.11. The first-order valence-corrected chi connectivity index (χ1v) is 6.22. The van der Waals surface area contributed by atoms with Gasteiger partial charge in [0.1, 0.15) is 16.3 Å². The Morgan fingerprint density at radius 2 is 2.10 bits per heavy atom. The van der Waals surface area contributed by atoms with Gasteiger partial charge in [0, 0.05) is 13.1 Å². The molecule has 2 aromatic heterocycles. The molecule has 0 aliphatic carbocycles. The van der Waals surface area contributed by atoms with Gasteiger partial charge in [0.2, 0.25) is 0 Å². The highest BCUT2D eigenvalue weighted by Gasteiger charge is 2.25. The lowest BCUT2D eigenvalue weighted by Gasteiger charge is -2.14. The zero-order chi connectivity index (χ0) is 14.9. The van der Waals surface area contributed by atoms with E-state index in [1.165, 1.54) is 19.2 Å². The smallest absolute Gasteiger partial charge is 0.340 e. The lowest BCUT2D eigenvalue weighted by molar-refractivity contribution is 0.0697. The van der Waals surface area contributed by atoms with Crippen LogP contribution in [0.15, 0.2) is 16.9 Å². The number of anilines is 1. The SMILES string of the molecule is Cc1nsc(N(C)C(=O)c2ccc(=O)[nH]n2)c1C(=O)O. The molecule has 2 heterocycles. The zero-order valence-electron chi connectivity index (χ0n) is 10.6. The highest BCUT2D eigenvalue weighted by atomic mass is 32.1. The molecule has 8 nitrogen and oxygen atoms in total. The Morgan fingerprint density at radius 3 is 2.65 bits per heavy atom. The molecule has 0 radical (unpaired) electrons. The number of nitrogens with one attached hydrogen (secondary N) is 1. The van der Waals surface area contributed by atoms with Crippen molar-refractivity contribution in [1.29, 1.82) is 0 Å². The van der Waals surface area contributed by atoms with Gasteiger partial charge in [-0.1, -0.05) is 0 Å². The van der Waals surface area contributed by atoms with Crippen LogP contribution in [-0.4, -0.2) is 38.6 Å². The molecule has 9 heteroatoms. The van der Waals surface area contributed by atoms with E-state index in [4.69, 9.17) is 5.11 Å². The maximum atomic E-state index is 12.2. The summed E-state index contributed by atoms with van der Waals surface area (Å²) in [5.74, 6) is -1.69. The van der Waals surface area contributed by atoms with Gasteiger partial charge in [-0.15, -0.1) is 0 Å². The third-order valence-electron chi connectivity index (χ3n) is 2.57. The number of nitrogens with zero attached hydrogens (tertiary/aromatic N) is 3. The molecule has 1 amide bonds. The fourth-order valence-electron chi connectivity index (χ4n) is 1.56. The van der Waals surface area contributed by atoms with Crippen LogP contribution in [0.25, 0.3) is 0 Å². The van der Waals surface area contributed by atoms with Crippen molar-refractivity contribution >= 4 is 28.4 Å². The maximum absolute atomic E-state index is 12.2. The first-order chi connectivity index (χ1) is 9.41. The Morgan fingerprint density at radius 1 is 1.40 bits per heavy atom. The lowest BCUT2D eigenvalue weighted by Crippen LogP contribution is -2.28. The molecule has 0 spiro atoms. The quantitative estimate of drug-likeness (QED) is 0.852. The van der Waals surface area contributed by atoms with E-state index < -0.39 is 17.4 Å². The van der Waals surface area contributed by atoms with Crippen LogP contribution in [0, 0.1) is 6.92 Å². The Bertz CT molecular complexity index is 716. The van der Waals surface area contributed by atoms with Gasteiger partial charge in [-0.05, 0) is 24.5 Å². The number of aryl methyl sites for hydroxylation is 1. The number of aromatic amines is 1. The number of amides is 1. The summed E-state index contributed by atoms with van der Waals surface area (Å²) in [6.07, 6.45) is 0. The molecule has 0 fully saturated rings. The minimum absolute atomic E-state index is 0.00879. The second-order valence-corrected chi connectivity index (χ2v) is 4.68. The van der Waals surface area contributed by atoms with Crippen molar-refractivity contribution < 1.29 is 14.7 Å². The van der Waals surface area contributed by atoms with Gasteiger partial charge in [0.25, 0.3) is 11.5 Å². The Labute approximate surface area is 116 Å². The van der Waals surface area contributed by atoms with Gasteiger partial charge in [0.05, 0.1) is 5.69 Å². The Kier molecular flexibility index (Phi) is 3.61. The summed E-state index contributed by atoms with van der Waals surface area (Å²) >= 11 is 0.913. The van der Waals surface area contributed by atoms with Crippen LogP contribution in [0.1, 0.15) is 26.5 Å². The molecule has 2 N–H and O–H groups in total. The summed E-state index contributed by atoms with van der Waals surface area (Å²) in [6, 6.07) is 2.44. The first kappa shape index (κ1) is 13.9. The molecule has 0 aromatic carbocycles. The van der Waals surface area contributed by atoms with Crippen molar-refractivity contribution in [3.05, 3.63) is 39.4 Å². The van der Waals surface area contributed by atoms with Crippen molar-refractivity contribution in [2.75, 3.05) is 11.9 Å². The van der Waals surface area contributed by atoms with E-state index in [0.29, 0.717) is 5.69 Å². The third kappa shape index (κ3) is 2.43. The van der Waals surface area contributed by atoms with E-state index in [1.807, 2.05) is 0 Å². The van der Waals surface area contributed by atoms with Crippen LogP contribution in [-0.2, 0) is 0 Å². The third-order valence-corrected chi connectivity index (χ3v) is 3.58. The Hall–Kier alpha value is -2.55. The predicted molar refractivity (Wildman–Crippen MR) is 71.4 cm³/mol. The number of carbonyl (C=O) groups excluding carboxylic acids is 1. The molecule has 0 aliphatic rings. The normalized spacial score (nSPS) is 10.3. The molecule has 2 rings (SSSR count). The van der Waals surface area contributed by atoms with Crippen LogP contribution in [0.4, 0.5) is 5.00 Å². The number of carbonyl (C=O) groups is 2. The first-order valence-electron chi connectivity index (χ1n) is 5.45. The minimum Gasteiger partial charge on any atom is -0.478 e. The van der Waals surface area contributed by atoms with E-state index in [1.54, 1.807) is 6.92 Å². The molecule has 0 atom stereocenters. The average Bonchev–Trinajstić information content (AvgIpc) is 2.80. The van der Waals surface area contributed by atoms with Crippen LogP contribution < -0.4 is 10.5 Å². The lowest BCUT2D eigenvalue weighted by atomic mass is 10.2. The van der Waals surface area contributed by atoms with Crippen molar-refractivity contribution in [3.63, 3.8) is 0 Å². The summed E-state index contributed by atoms with van der Waals surface area (Å²) in [6.45, 7) is 1.56. The van der Waals surface area contributed by atoms with Crippen LogP contribution in [0.3, 0.4) is 0 Å². The highest BCUT2D eigenvalue weighted by Crippen LogP contribution is 2.28. The topological polar surface area (TPSA) is 116 Å². The number of hydrogen-bond acceptors (Lipinski definition) is 6. The van der Waals surface area contributed by atoms with Crippen LogP contribution in [0.5, 0.6) is 0 Å². The molecule has 0 bridgehead atoms. The van der Waals surface area contributed by atoms with E-state index in [0.717, 1.165) is 16.4 Å². The monoisotopic (exact) mass is 294 g/mol. The van der Waals surface area contributed by atoms with Gasteiger partial charge in [0.15, 0.2) is 0 Å². The van der Waals surface area contributed by atoms with Gasteiger partial charge in [-0.3, -0.25) is 14.5 Å². The van der Waals surface area contributed by atoms with E-state index in [9.17, 15) is 14.4 Å². The fourth-order valence-corrected chi connectivity index (χ4v) is 2.41. The summed E-state index contributed by atoms with van der Waals surface area (Å²) in [7, 11) is 1.43. The van der Waals surface area contributed by atoms with Crippen molar-refractivity contribution in [2.24, 2.45) is 0 Å². The summed E-state index contributed by atoms with van der Waals surface area (Å²) in [5, 5.41) is 15.1. The van der Waals surface area contributed by atoms with Crippen molar-refractivity contribution in [2.45, 2.75) is 6.92 Å². The minimum atomic E-state index is -1.15. The summed E-state index contributed by atoms with van der Waals surface area (Å²) in [5.41, 5.74) is -0.0968. The van der Waals surface area contributed by atoms with E-state index in [2.05, 4.69) is 14.6 Å². The number of carboxylic acid groups (broad SMARTS) is 1. The second-order valence-electron chi connectivity index (χ2n) is 3.92. The van der Waals surface area contributed by atoms with E-state index in [-0.39, 0.29) is 16.3 Å². The molecular formula is C11H10N4O4S. The number of rotatable bonds is 3. The summed E-state index contributed by atoms with van der Waals surface area (Å²) in [4.78, 5) is 35.4. The number of aromatic nitrogens is 3. The molecular weight excluding hydrogens is 284 g/mol. The van der Waals surface area contributed by atoms with Crippen LogP contribution in [0.2, 0.25) is 0 Å².